The van der Waals surface area contributed by atoms with Crippen LogP contribution in [0.2, 0.25) is 0 Å². The van der Waals surface area contributed by atoms with Gasteiger partial charge in [-0.1, -0.05) is 18.2 Å². The summed E-state index contributed by atoms with van der Waals surface area (Å²) in [5.74, 6) is 0. The van der Waals surface area contributed by atoms with Gasteiger partial charge < -0.3 is 15.1 Å². The lowest BCUT2D eigenvalue weighted by Crippen LogP contribution is -2.50. The number of alkyl halides is 3. The molecule has 1 heterocycles. The molecule has 2 aromatic carbocycles. The van der Waals surface area contributed by atoms with Crippen LogP contribution in [0.25, 0.3) is 0 Å². The summed E-state index contributed by atoms with van der Waals surface area (Å²) in [5, 5.41) is 2.87. The topological polar surface area (TPSA) is 35.6 Å². The molecule has 0 aliphatic carbocycles. The molecule has 2 aromatic rings. The van der Waals surface area contributed by atoms with Crippen LogP contribution in [0.15, 0.2) is 42.5 Å². The summed E-state index contributed by atoms with van der Waals surface area (Å²) in [4.78, 5) is 15.8. The molecule has 4 nitrogen and oxygen atoms in total. The first-order valence-electron chi connectivity index (χ1n) is 8.79. The van der Waals surface area contributed by atoms with Gasteiger partial charge in [-0.15, -0.1) is 0 Å². The number of anilines is 2. The molecule has 0 spiro atoms. The standard InChI is InChI=1S/C20H22F3N3O/c1-14-11-15(2)13-16(12-14)24-19(27)26-9-7-25(8-10-26)18-6-4-3-5-17(18)20(21,22)23/h3-6,11-13H,7-10H2,1-2H3,(H,24,27). The molecule has 0 radical (unpaired) electrons. The van der Waals surface area contributed by atoms with E-state index in [4.69, 9.17) is 0 Å². The van der Waals surface area contributed by atoms with E-state index in [-0.39, 0.29) is 11.7 Å². The highest BCUT2D eigenvalue weighted by molar-refractivity contribution is 5.89. The number of aryl methyl sites for hydroxylation is 2. The fourth-order valence-electron chi connectivity index (χ4n) is 3.39. The van der Waals surface area contributed by atoms with Crippen molar-refractivity contribution in [1.82, 2.24) is 4.90 Å². The van der Waals surface area contributed by atoms with Crippen molar-refractivity contribution in [2.24, 2.45) is 0 Å². The lowest BCUT2D eigenvalue weighted by atomic mass is 10.1. The minimum Gasteiger partial charge on any atom is -0.367 e. The molecule has 1 aliphatic rings. The van der Waals surface area contributed by atoms with Crippen LogP contribution in [0.5, 0.6) is 0 Å². The zero-order valence-electron chi connectivity index (χ0n) is 15.3. The number of carbonyl (C=O) groups is 1. The van der Waals surface area contributed by atoms with E-state index < -0.39 is 11.7 Å². The van der Waals surface area contributed by atoms with Gasteiger partial charge in [0.1, 0.15) is 0 Å². The van der Waals surface area contributed by atoms with Crippen LogP contribution < -0.4 is 10.2 Å². The van der Waals surface area contributed by atoms with Gasteiger partial charge >= 0.3 is 12.2 Å². The van der Waals surface area contributed by atoms with Gasteiger partial charge in [0.25, 0.3) is 0 Å². The number of halogens is 3. The third-order valence-electron chi connectivity index (χ3n) is 4.59. The zero-order valence-corrected chi connectivity index (χ0v) is 15.3. The number of nitrogens with one attached hydrogen (secondary N) is 1. The summed E-state index contributed by atoms with van der Waals surface area (Å²) in [7, 11) is 0. The number of benzene rings is 2. The van der Waals surface area contributed by atoms with E-state index >= 15 is 0 Å². The molecule has 1 fully saturated rings. The maximum absolute atomic E-state index is 13.2. The van der Waals surface area contributed by atoms with Gasteiger partial charge in [0.15, 0.2) is 0 Å². The third kappa shape index (κ3) is 4.53. The molecule has 1 N–H and O–H groups in total. The summed E-state index contributed by atoms with van der Waals surface area (Å²) in [6.07, 6.45) is -4.39. The maximum Gasteiger partial charge on any atom is 0.418 e. The van der Waals surface area contributed by atoms with Crippen molar-refractivity contribution in [3.63, 3.8) is 0 Å². The Labute approximate surface area is 156 Å². The number of carbonyl (C=O) groups excluding carboxylic acids is 1. The van der Waals surface area contributed by atoms with E-state index in [9.17, 15) is 18.0 Å². The second-order valence-electron chi connectivity index (χ2n) is 6.80. The number of nitrogens with zero attached hydrogens (tertiary/aromatic N) is 2. The smallest absolute Gasteiger partial charge is 0.367 e. The second kappa shape index (κ2) is 7.50. The molecule has 27 heavy (non-hydrogen) atoms. The first-order chi connectivity index (χ1) is 12.7. The molecule has 1 saturated heterocycles. The number of piperazine rings is 1. The molecule has 0 unspecified atom stereocenters. The van der Waals surface area contributed by atoms with E-state index in [1.807, 2.05) is 32.0 Å². The first kappa shape index (κ1) is 19.1. The van der Waals surface area contributed by atoms with Crippen molar-refractivity contribution in [3.8, 4) is 0 Å². The SMILES string of the molecule is Cc1cc(C)cc(NC(=O)N2CCN(c3ccccc3C(F)(F)F)CC2)c1. The lowest BCUT2D eigenvalue weighted by molar-refractivity contribution is -0.137. The molecule has 7 heteroatoms. The molecular formula is C20H22F3N3O. The Kier molecular flexibility index (Phi) is 5.30. The van der Waals surface area contributed by atoms with Crippen LogP contribution in [0.4, 0.5) is 29.3 Å². The van der Waals surface area contributed by atoms with Crippen LogP contribution in [-0.4, -0.2) is 37.1 Å². The Bertz CT molecular complexity index is 807. The summed E-state index contributed by atoms with van der Waals surface area (Å²) >= 11 is 0. The molecule has 3 rings (SSSR count). The monoisotopic (exact) mass is 377 g/mol. The Morgan fingerprint density at radius 1 is 0.963 bits per heavy atom. The Hall–Kier alpha value is -2.70. The van der Waals surface area contributed by atoms with E-state index in [0.717, 1.165) is 22.9 Å². The van der Waals surface area contributed by atoms with Crippen molar-refractivity contribution in [1.29, 1.82) is 0 Å². The lowest BCUT2D eigenvalue weighted by Gasteiger charge is -2.37. The molecule has 2 amide bonds. The van der Waals surface area contributed by atoms with Crippen LogP contribution in [-0.2, 0) is 6.18 Å². The number of amides is 2. The van der Waals surface area contributed by atoms with Gasteiger partial charge in [0.2, 0.25) is 0 Å². The fraction of sp³-hybridized carbons (Fsp3) is 0.350. The van der Waals surface area contributed by atoms with Crippen LogP contribution in [0.1, 0.15) is 16.7 Å². The van der Waals surface area contributed by atoms with Crippen LogP contribution in [0.3, 0.4) is 0 Å². The average molecular weight is 377 g/mol. The van der Waals surface area contributed by atoms with Gasteiger partial charge in [-0.3, -0.25) is 0 Å². The van der Waals surface area contributed by atoms with Crippen molar-refractivity contribution in [3.05, 3.63) is 59.2 Å². The minimum absolute atomic E-state index is 0.166. The highest BCUT2D eigenvalue weighted by atomic mass is 19.4. The zero-order chi connectivity index (χ0) is 19.6. The Balaban J connectivity index is 1.65. The normalized spacial score (nSPS) is 15.0. The van der Waals surface area contributed by atoms with Crippen molar-refractivity contribution in [2.75, 3.05) is 36.4 Å². The van der Waals surface area contributed by atoms with Gasteiger partial charge in [-0.2, -0.15) is 13.2 Å². The summed E-state index contributed by atoms with van der Waals surface area (Å²) in [6, 6.07) is 11.1. The first-order valence-corrected chi connectivity index (χ1v) is 8.79. The number of hydrogen-bond acceptors (Lipinski definition) is 2. The van der Waals surface area contributed by atoms with E-state index in [1.54, 1.807) is 15.9 Å². The highest BCUT2D eigenvalue weighted by Crippen LogP contribution is 2.36. The average Bonchev–Trinajstić information content (AvgIpc) is 2.60. The summed E-state index contributed by atoms with van der Waals surface area (Å²) in [5.41, 5.74) is 2.36. The highest BCUT2D eigenvalue weighted by Gasteiger charge is 2.35. The molecule has 0 saturated carbocycles. The molecule has 0 bridgehead atoms. The predicted molar refractivity (Wildman–Crippen MR) is 100 cm³/mol. The van der Waals surface area contributed by atoms with Gasteiger partial charge in [0.05, 0.1) is 5.56 Å². The van der Waals surface area contributed by atoms with Crippen molar-refractivity contribution in [2.45, 2.75) is 20.0 Å². The van der Waals surface area contributed by atoms with Gasteiger partial charge in [-0.25, -0.2) is 4.79 Å². The summed E-state index contributed by atoms with van der Waals surface area (Å²) < 4.78 is 39.6. The molecule has 144 valence electrons. The number of hydrogen-bond donors (Lipinski definition) is 1. The maximum atomic E-state index is 13.2. The second-order valence-corrected chi connectivity index (χ2v) is 6.80. The predicted octanol–water partition coefficient (Wildman–Crippen LogP) is 4.68. The van der Waals surface area contributed by atoms with Gasteiger partial charge in [0, 0.05) is 37.6 Å². The van der Waals surface area contributed by atoms with Crippen molar-refractivity contribution < 1.29 is 18.0 Å². The van der Waals surface area contributed by atoms with E-state index in [2.05, 4.69) is 5.32 Å². The molecular weight excluding hydrogens is 355 g/mol. The minimum atomic E-state index is -4.39. The van der Waals surface area contributed by atoms with E-state index in [1.165, 1.54) is 12.1 Å². The molecule has 0 atom stereocenters. The van der Waals surface area contributed by atoms with Crippen LogP contribution in [0, 0.1) is 13.8 Å². The van der Waals surface area contributed by atoms with Crippen molar-refractivity contribution >= 4 is 17.4 Å². The largest absolute Gasteiger partial charge is 0.418 e. The molecule has 1 aliphatic heterocycles. The number of para-hydroxylation sites is 1. The Morgan fingerprint density at radius 3 is 2.15 bits per heavy atom. The Morgan fingerprint density at radius 2 is 1.56 bits per heavy atom. The summed E-state index contributed by atoms with van der Waals surface area (Å²) in [6.45, 7) is 5.35. The quantitative estimate of drug-likeness (QED) is 0.825. The van der Waals surface area contributed by atoms with Crippen LogP contribution >= 0.6 is 0 Å². The number of urea groups is 1. The molecule has 0 aromatic heterocycles. The third-order valence-corrected chi connectivity index (χ3v) is 4.59. The fourth-order valence-corrected chi connectivity index (χ4v) is 3.39. The van der Waals surface area contributed by atoms with E-state index in [0.29, 0.717) is 26.2 Å². The van der Waals surface area contributed by atoms with Gasteiger partial charge in [-0.05, 0) is 49.2 Å². The number of rotatable bonds is 2.